The van der Waals surface area contributed by atoms with Gasteiger partial charge in [-0.05, 0) is 43.5 Å². The lowest BCUT2D eigenvalue weighted by molar-refractivity contribution is 0.267. The lowest BCUT2D eigenvalue weighted by Gasteiger charge is -2.15. The van der Waals surface area contributed by atoms with Crippen molar-refractivity contribution < 1.29 is 14.9 Å². The topological polar surface area (TPSA) is 75.7 Å². The van der Waals surface area contributed by atoms with E-state index >= 15 is 0 Å². The third-order valence-electron chi connectivity index (χ3n) is 1.99. The van der Waals surface area contributed by atoms with Gasteiger partial charge in [-0.15, -0.1) is 12.4 Å². The van der Waals surface area contributed by atoms with E-state index in [-0.39, 0.29) is 24.8 Å². The highest BCUT2D eigenvalue weighted by molar-refractivity contribution is 9.13. The standard InChI is InChI=1S/C9H11Br2NO3.ClH/c1-15-6-2-4(5(12)3-13)7(10)8(11)9(6)14;/h2,5,13-14H,3,12H2,1H3;1H/t5-;/m1./s1. The van der Waals surface area contributed by atoms with Crippen molar-refractivity contribution in [1.82, 2.24) is 0 Å². The number of hydrogen-bond donors (Lipinski definition) is 3. The first-order chi connectivity index (χ1) is 7.02. The third kappa shape index (κ3) is 3.01. The van der Waals surface area contributed by atoms with E-state index in [2.05, 4.69) is 31.9 Å². The van der Waals surface area contributed by atoms with Gasteiger partial charge in [0.25, 0.3) is 0 Å². The molecule has 7 heteroatoms. The Bertz CT molecular complexity index is 376. The van der Waals surface area contributed by atoms with Crippen LogP contribution in [0.25, 0.3) is 0 Å². The fourth-order valence-corrected chi connectivity index (χ4v) is 2.16. The summed E-state index contributed by atoms with van der Waals surface area (Å²) >= 11 is 6.49. The molecule has 92 valence electrons. The number of aromatic hydroxyl groups is 1. The molecule has 4 nitrogen and oxygen atoms in total. The molecule has 0 spiro atoms. The molecule has 0 amide bonds. The molecule has 0 aliphatic carbocycles. The second-order valence-corrected chi connectivity index (χ2v) is 4.52. The molecular formula is C9H12Br2ClNO3. The van der Waals surface area contributed by atoms with Gasteiger partial charge in [0.2, 0.25) is 0 Å². The van der Waals surface area contributed by atoms with E-state index in [0.29, 0.717) is 20.3 Å². The van der Waals surface area contributed by atoms with Gasteiger partial charge in [-0.25, -0.2) is 0 Å². The van der Waals surface area contributed by atoms with Crippen molar-refractivity contribution in [3.63, 3.8) is 0 Å². The van der Waals surface area contributed by atoms with Gasteiger partial charge < -0.3 is 20.7 Å². The molecule has 16 heavy (non-hydrogen) atoms. The molecule has 1 rings (SSSR count). The summed E-state index contributed by atoms with van der Waals surface area (Å²) in [6.07, 6.45) is 0. The van der Waals surface area contributed by atoms with E-state index in [9.17, 15) is 5.11 Å². The molecule has 0 bridgehead atoms. The van der Waals surface area contributed by atoms with Crippen molar-refractivity contribution in [1.29, 1.82) is 0 Å². The van der Waals surface area contributed by atoms with E-state index in [1.807, 2.05) is 0 Å². The van der Waals surface area contributed by atoms with E-state index in [0.717, 1.165) is 0 Å². The molecule has 4 N–H and O–H groups in total. The van der Waals surface area contributed by atoms with Crippen LogP contribution in [0.5, 0.6) is 11.5 Å². The predicted octanol–water partition coefficient (Wildman–Crippen LogP) is 2.34. The first kappa shape index (κ1) is 16.0. The summed E-state index contributed by atoms with van der Waals surface area (Å²) in [5, 5.41) is 18.6. The summed E-state index contributed by atoms with van der Waals surface area (Å²) in [6, 6.07) is 1.07. The number of methoxy groups -OCH3 is 1. The molecule has 0 aliphatic heterocycles. The zero-order valence-corrected chi connectivity index (χ0v) is 12.4. The van der Waals surface area contributed by atoms with Crippen molar-refractivity contribution in [2.24, 2.45) is 5.73 Å². The summed E-state index contributed by atoms with van der Waals surface area (Å²) < 4.78 is 6.05. The van der Waals surface area contributed by atoms with Gasteiger partial charge in [-0.1, -0.05) is 0 Å². The number of benzene rings is 1. The van der Waals surface area contributed by atoms with Crippen molar-refractivity contribution >= 4 is 44.3 Å². The molecule has 0 aliphatic rings. The molecule has 0 aromatic heterocycles. The molecule has 0 saturated carbocycles. The first-order valence-electron chi connectivity index (χ1n) is 4.14. The van der Waals surface area contributed by atoms with Crippen LogP contribution in [0.1, 0.15) is 11.6 Å². The molecule has 0 heterocycles. The maximum atomic E-state index is 9.65. The Hall–Kier alpha value is -0.0100. The summed E-state index contributed by atoms with van der Waals surface area (Å²) in [4.78, 5) is 0. The summed E-state index contributed by atoms with van der Waals surface area (Å²) in [5.41, 5.74) is 6.37. The Morgan fingerprint density at radius 1 is 1.44 bits per heavy atom. The van der Waals surface area contributed by atoms with Crippen molar-refractivity contribution in [2.75, 3.05) is 13.7 Å². The number of phenols is 1. The highest BCUT2D eigenvalue weighted by Gasteiger charge is 2.18. The van der Waals surface area contributed by atoms with Crippen LogP contribution < -0.4 is 10.5 Å². The summed E-state index contributed by atoms with van der Waals surface area (Å²) in [6.45, 7) is -0.182. The number of ether oxygens (including phenoxy) is 1. The van der Waals surface area contributed by atoms with Crippen molar-refractivity contribution in [3.05, 3.63) is 20.6 Å². The number of hydrogen-bond acceptors (Lipinski definition) is 4. The highest BCUT2D eigenvalue weighted by atomic mass is 79.9. The number of aliphatic hydroxyl groups excluding tert-OH is 1. The van der Waals surface area contributed by atoms with Crippen LogP contribution >= 0.6 is 44.3 Å². The Labute approximate surface area is 116 Å². The maximum absolute atomic E-state index is 9.65. The number of nitrogens with two attached hydrogens (primary N) is 1. The van der Waals surface area contributed by atoms with Gasteiger partial charge in [0.1, 0.15) is 0 Å². The highest BCUT2D eigenvalue weighted by Crippen LogP contribution is 2.43. The molecule has 1 aromatic rings. The van der Waals surface area contributed by atoms with Gasteiger partial charge in [-0.3, -0.25) is 0 Å². The molecule has 1 aromatic carbocycles. The molecule has 0 unspecified atom stereocenters. The predicted molar refractivity (Wildman–Crippen MR) is 71.3 cm³/mol. The molecular weight excluding hydrogens is 365 g/mol. The van der Waals surface area contributed by atoms with Crippen LogP contribution in [0.3, 0.4) is 0 Å². The van der Waals surface area contributed by atoms with Gasteiger partial charge >= 0.3 is 0 Å². The van der Waals surface area contributed by atoms with E-state index in [4.69, 9.17) is 15.6 Å². The summed E-state index contributed by atoms with van der Waals surface area (Å²) in [7, 11) is 1.45. The van der Waals surface area contributed by atoms with Gasteiger partial charge in [0.05, 0.1) is 24.2 Å². The molecule has 0 fully saturated rings. The fraction of sp³-hybridized carbons (Fsp3) is 0.333. The van der Waals surface area contributed by atoms with Crippen LogP contribution in [0.15, 0.2) is 15.0 Å². The van der Waals surface area contributed by atoms with E-state index in [1.54, 1.807) is 6.07 Å². The normalized spacial score (nSPS) is 11.8. The van der Waals surface area contributed by atoms with Gasteiger partial charge in [0, 0.05) is 4.47 Å². The third-order valence-corrected chi connectivity index (χ3v) is 4.15. The monoisotopic (exact) mass is 375 g/mol. The number of phenolic OH excluding ortho intramolecular Hbond substituents is 1. The lowest BCUT2D eigenvalue weighted by Crippen LogP contribution is -2.15. The van der Waals surface area contributed by atoms with Gasteiger partial charge in [-0.2, -0.15) is 0 Å². The minimum Gasteiger partial charge on any atom is -0.503 e. The average molecular weight is 377 g/mol. The quantitative estimate of drug-likeness (QED) is 0.756. The lowest BCUT2D eigenvalue weighted by atomic mass is 10.1. The zero-order valence-electron chi connectivity index (χ0n) is 8.41. The van der Waals surface area contributed by atoms with Crippen LogP contribution in [0.4, 0.5) is 0 Å². The number of halogens is 3. The second-order valence-electron chi connectivity index (χ2n) is 2.93. The second kappa shape index (κ2) is 6.66. The Kier molecular flexibility index (Phi) is 6.65. The van der Waals surface area contributed by atoms with Crippen molar-refractivity contribution in [2.45, 2.75) is 6.04 Å². The van der Waals surface area contributed by atoms with Gasteiger partial charge in [0.15, 0.2) is 11.5 Å². The fourth-order valence-electron chi connectivity index (χ4n) is 1.14. The first-order valence-corrected chi connectivity index (χ1v) is 5.72. The molecule has 1 atom stereocenters. The maximum Gasteiger partial charge on any atom is 0.173 e. The minimum atomic E-state index is -0.523. The Morgan fingerprint density at radius 2 is 2.00 bits per heavy atom. The largest absolute Gasteiger partial charge is 0.503 e. The SMILES string of the molecule is COc1cc([C@H](N)CO)c(Br)c(Br)c1O.Cl. The van der Waals surface area contributed by atoms with Crippen LogP contribution in [0.2, 0.25) is 0 Å². The molecule has 0 radical (unpaired) electrons. The van der Waals surface area contributed by atoms with Crippen LogP contribution in [-0.2, 0) is 0 Å². The average Bonchev–Trinajstić information content (AvgIpc) is 2.25. The Morgan fingerprint density at radius 3 is 2.44 bits per heavy atom. The molecule has 0 saturated heterocycles. The summed E-state index contributed by atoms with van der Waals surface area (Å²) in [5.74, 6) is 0.308. The minimum absolute atomic E-state index is 0. The van der Waals surface area contributed by atoms with Crippen molar-refractivity contribution in [3.8, 4) is 11.5 Å². The van der Waals surface area contributed by atoms with Crippen LogP contribution in [-0.4, -0.2) is 23.9 Å². The van der Waals surface area contributed by atoms with E-state index in [1.165, 1.54) is 7.11 Å². The number of rotatable bonds is 3. The van der Waals surface area contributed by atoms with E-state index < -0.39 is 6.04 Å². The zero-order chi connectivity index (χ0) is 11.6. The smallest absolute Gasteiger partial charge is 0.173 e. The van der Waals surface area contributed by atoms with Crippen LogP contribution in [0, 0.1) is 0 Å². The Balaban J connectivity index is 0.00000225. The number of aliphatic hydroxyl groups is 1.